The summed E-state index contributed by atoms with van der Waals surface area (Å²) in [6.07, 6.45) is 2.74. The number of aryl methyl sites for hydroxylation is 1. The third kappa shape index (κ3) is 3.47. The first-order valence-corrected chi connectivity index (χ1v) is 3.27. The molecule has 0 radical (unpaired) electrons. The molecule has 1 heterocycles. The maximum atomic E-state index is 4.14. The number of nitrogens with one attached hydrogen (secondary N) is 1. The molecule has 0 unspecified atom stereocenters. The van der Waals surface area contributed by atoms with Crippen LogP contribution in [-0.4, -0.2) is 16.5 Å². The summed E-state index contributed by atoms with van der Waals surface area (Å²) in [7, 11) is 0. The van der Waals surface area contributed by atoms with Crippen molar-refractivity contribution in [3.63, 3.8) is 0 Å². The van der Waals surface area contributed by atoms with Crippen LogP contribution >= 0.6 is 0 Å². The summed E-state index contributed by atoms with van der Waals surface area (Å²) in [5.74, 6) is 0.842. The van der Waals surface area contributed by atoms with Gasteiger partial charge >= 0.3 is 0 Å². The number of aromatic amines is 1. The van der Waals surface area contributed by atoms with Gasteiger partial charge in [0.05, 0.1) is 0 Å². The molecular formula is C7H10N3W-. The molecule has 1 aromatic rings. The van der Waals surface area contributed by atoms with E-state index in [0.717, 1.165) is 17.9 Å². The first-order chi connectivity index (χ1) is 4.83. The van der Waals surface area contributed by atoms with Crippen molar-refractivity contribution in [1.82, 2.24) is 9.97 Å². The molecule has 0 spiro atoms. The van der Waals surface area contributed by atoms with Gasteiger partial charge < -0.3 is 15.0 Å². The number of nitrogens with zero attached hydrogens (tertiary/aromatic N) is 2. The van der Waals surface area contributed by atoms with E-state index < -0.39 is 0 Å². The van der Waals surface area contributed by atoms with Gasteiger partial charge in [0.25, 0.3) is 0 Å². The Bertz CT molecular complexity index is 266. The van der Waals surface area contributed by atoms with Gasteiger partial charge in [0.15, 0.2) is 0 Å². The minimum absolute atomic E-state index is 0. The summed E-state index contributed by atoms with van der Waals surface area (Å²) in [5, 5.41) is 0. The zero-order valence-electron chi connectivity index (χ0n) is 6.59. The summed E-state index contributed by atoms with van der Waals surface area (Å²) in [6.45, 7) is 4.66. The number of aromatic nitrogens is 2. The van der Waals surface area contributed by atoms with E-state index in [4.69, 9.17) is 0 Å². The predicted octanol–water partition coefficient (Wildman–Crippen LogP) is 0.436. The van der Waals surface area contributed by atoms with Crippen molar-refractivity contribution in [2.75, 3.05) is 6.54 Å². The van der Waals surface area contributed by atoms with Gasteiger partial charge in [-0.05, 0) is 12.7 Å². The van der Waals surface area contributed by atoms with Crippen molar-refractivity contribution < 1.29 is 21.1 Å². The van der Waals surface area contributed by atoms with E-state index in [9.17, 15) is 0 Å². The SMILES string of the molecule is CCN=c1c[c-]nc(C)[nH]1.[W]. The van der Waals surface area contributed by atoms with Gasteiger partial charge in [-0.15, -0.1) is 6.07 Å². The van der Waals surface area contributed by atoms with Crippen LogP contribution < -0.4 is 5.49 Å². The molecular weight excluding hydrogens is 310 g/mol. The second-order valence-electron chi connectivity index (χ2n) is 1.96. The molecule has 0 aliphatic rings. The topological polar surface area (TPSA) is 41.0 Å². The fourth-order valence-electron chi connectivity index (χ4n) is 0.695. The van der Waals surface area contributed by atoms with Crippen molar-refractivity contribution in [3.05, 3.63) is 23.6 Å². The molecule has 0 atom stereocenters. The first kappa shape index (κ1) is 10.6. The van der Waals surface area contributed by atoms with Crippen LogP contribution in [-0.2, 0) is 21.1 Å². The molecule has 0 amide bonds. The third-order valence-corrected chi connectivity index (χ3v) is 1.07. The van der Waals surface area contributed by atoms with Crippen LogP contribution in [0.15, 0.2) is 11.1 Å². The Morgan fingerprint density at radius 3 is 3.00 bits per heavy atom. The largest absolute Gasteiger partial charge is 0.434 e. The molecule has 0 aliphatic heterocycles. The van der Waals surface area contributed by atoms with Crippen LogP contribution in [0.25, 0.3) is 0 Å². The second kappa shape index (κ2) is 5.25. The molecule has 4 heteroatoms. The molecule has 0 aromatic carbocycles. The fourth-order valence-corrected chi connectivity index (χ4v) is 0.695. The molecule has 0 aliphatic carbocycles. The maximum Gasteiger partial charge on any atom is 0.0242 e. The Labute approximate surface area is 80.2 Å². The van der Waals surface area contributed by atoms with E-state index in [2.05, 4.69) is 21.2 Å². The van der Waals surface area contributed by atoms with E-state index in [-0.39, 0.29) is 21.1 Å². The van der Waals surface area contributed by atoms with E-state index in [1.165, 1.54) is 0 Å². The molecule has 0 saturated heterocycles. The summed E-state index contributed by atoms with van der Waals surface area (Å²) < 4.78 is 0. The van der Waals surface area contributed by atoms with Crippen LogP contribution in [0.3, 0.4) is 0 Å². The third-order valence-electron chi connectivity index (χ3n) is 1.07. The molecule has 0 saturated carbocycles. The van der Waals surface area contributed by atoms with E-state index in [1.54, 1.807) is 6.07 Å². The quantitative estimate of drug-likeness (QED) is 0.750. The molecule has 1 rings (SSSR count). The fraction of sp³-hybridized carbons (Fsp3) is 0.429. The molecule has 0 bridgehead atoms. The van der Waals surface area contributed by atoms with Crippen LogP contribution in [0.2, 0.25) is 0 Å². The summed E-state index contributed by atoms with van der Waals surface area (Å²) in [4.78, 5) is 11.0. The second-order valence-corrected chi connectivity index (χ2v) is 1.96. The normalized spacial score (nSPS) is 10.9. The zero-order valence-corrected chi connectivity index (χ0v) is 9.52. The zero-order chi connectivity index (χ0) is 7.40. The smallest absolute Gasteiger partial charge is 0.0242 e. The van der Waals surface area contributed by atoms with Crippen molar-refractivity contribution in [1.29, 1.82) is 0 Å². The van der Waals surface area contributed by atoms with Crippen LogP contribution in [0, 0.1) is 13.1 Å². The molecule has 3 nitrogen and oxygen atoms in total. The van der Waals surface area contributed by atoms with Gasteiger partial charge in [0.1, 0.15) is 0 Å². The van der Waals surface area contributed by atoms with Crippen molar-refractivity contribution in [2.24, 2.45) is 4.99 Å². The van der Waals surface area contributed by atoms with Crippen molar-refractivity contribution >= 4 is 0 Å². The van der Waals surface area contributed by atoms with Crippen molar-refractivity contribution in [2.45, 2.75) is 13.8 Å². The minimum Gasteiger partial charge on any atom is -0.434 e. The number of rotatable bonds is 1. The average molecular weight is 320 g/mol. The van der Waals surface area contributed by atoms with E-state index >= 15 is 0 Å². The Hall–Kier alpha value is -0.432. The summed E-state index contributed by atoms with van der Waals surface area (Å²) >= 11 is 0. The van der Waals surface area contributed by atoms with Gasteiger partial charge in [-0.3, -0.25) is 0 Å². The molecule has 11 heavy (non-hydrogen) atoms. The first-order valence-electron chi connectivity index (χ1n) is 3.27. The standard InChI is InChI=1S/C7H10N3.W/c1-3-8-7-4-5-9-6(2)10-7;/h4H,3H2,1-2H3,(H,8,9,10);/q-1;. The van der Waals surface area contributed by atoms with Crippen LogP contribution in [0.1, 0.15) is 12.7 Å². The summed E-state index contributed by atoms with van der Waals surface area (Å²) in [6, 6.07) is 1.73. The summed E-state index contributed by atoms with van der Waals surface area (Å²) in [5.41, 5.74) is 0.843. The molecule has 1 N–H and O–H groups in total. The van der Waals surface area contributed by atoms with Gasteiger partial charge in [0, 0.05) is 33.1 Å². The van der Waals surface area contributed by atoms with Gasteiger partial charge in [-0.25, -0.2) is 0 Å². The van der Waals surface area contributed by atoms with Gasteiger partial charge in [-0.1, -0.05) is 13.1 Å². The molecule has 60 valence electrons. The van der Waals surface area contributed by atoms with Crippen LogP contribution in [0.4, 0.5) is 0 Å². The Balaban J connectivity index is 0.000001000. The van der Waals surface area contributed by atoms with Crippen molar-refractivity contribution in [3.8, 4) is 0 Å². The predicted molar refractivity (Wildman–Crippen MR) is 38.3 cm³/mol. The van der Waals surface area contributed by atoms with Crippen LogP contribution in [0.5, 0.6) is 0 Å². The Morgan fingerprint density at radius 2 is 2.45 bits per heavy atom. The average Bonchev–Trinajstić information content (AvgIpc) is 1.88. The number of H-pyrrole nitrogens is 1. The number of hydrogen-bond acceptors (Lipinski definition) is 2. The van der Waals surface area contributed by atoms with E-state index in [1.807, 2.05) is 13.8 Å². The Kier molecular flexibility index (Phi) is 5.04. The van der Waals surface area contributed by atoms with Gasteiger partial charge in [-0.2, -0.15) is 0 Å². The van der Waals surface area contributed by atoms with Gasteiger partial charge in [0.2, 0.25) is 0 Å². The molecule has 1 aromatic heterocycles. The Morgan fingerprint density at radius 1 is 1.73 bits per heavy atom. The number of hydrogen-bond donors (Lipinski definition) is 1. The molecule has 0 fully saturated rings. The monoisotopic (exact) mass is 320 g/mol. The minimum atomic E-state index is 0. The maximum absolute atomic E-state index is 4.14. The van der Waals surface area contributed by atoms with E-state index in [0.29, 0.717) is 0 Å².